The number of fused-ring (bicyclic) bond motifs is 1. The highest BCUT2D eigenvalue weighted by atomic mass is 32.1. The summed E-state index contributed by atoms with van der Waals surface area (Å²) >= 11 is 1.63. The van der Waals surface area contributed by atoms with E-state index >= 15 is 0 Å². The zero-order valence-electron chi connectivity index (χ0n) is 12.5. The van der Waals surface area contributed by atoms with E-state index in [2.05, 4.69) is 25.3 Å². The minimum atomic E-state index is -0.183. The summed E-state index contributed by atoms with van der Waals surface area (Å²) in [5.74, 6) is -0.183. The second kappa shape index (κ2) is 5.96. The predicted molar refractivity (Wildman–Crippen MR) is 87.7 cm³/mol. The lowest BCUT2D eigenvalue weighted by molar-refractivity contribution is 0.0943. The molecule has 1 aliphatic heterocycles. The van der Waals surface area contributed by atoms with Gasteiger partial charge in [0, 0.05) is 18.5 Å². The van der Waals surface area contributed by atoms with Crippen LogP contribution in [0.1, 0.15) is 29.0 Å². The fourth-order valence-electron chi connectivity index (χ4n) is 2.71. The number of rotatable bonds is 4. The molecule has 1 fully saturated rings. The second-order valence-corrected chi connectivity index (χ2v) is 6.28. The maximum absolute atomic E-state index is 12.4. The first kappa shape index (κ1) is 14.1. The lowest BCUT2D eigenvalue weighted by Gasteiger charge is -2.12. The Kier molecular flexibility index (Phi) is 3.66. The number of hydrogen-bond acceptors (Lipinski definition) is 6. The van der Waals surface area contributed by atoms with Crippen LogP contribution in [-0.4, -0.2) is 38.6 Å². The molecule has 1 amide bonds. The van der Waals surface area contributed by atoms with E-state index in [1.165, 1.54) is 23.7 Å². The van der Waals surface area contributed by atoms with E-state index in [-0.39, 0.29) is 5.91 Å². The summed E-state index contributed by atoms with van der Waals surface area (Å²) in [5.41, 5.74) is 2.01. The highest BCUT2D eigenvalue weighted by Crippen LogP contribution is 2.24. The van der Waals surface area contributed by atoms with Crippen LogP contribution in [0.25, 0.3) is 5.65 Å². The quantitative estimate of drug-likeness (QED) is 0.789. The summed E-state index contributed by atoms with van der Waals surface area (Å²) in [6, 6.07) is 5.34. The van der Waals surface area contributed by atoms with Gasteiger partial charge in [-0.05, 0) is 25.0 Å². The molecule has 1 aliphatic rings. The van der Waals surface area contributed by atoms with E-state index in [9.17, 15) is 4.79 Å². The largest absolute Gasteiger partial charge is 0.348 e. The van der Waals surface area contributed by atoms with Gasteiger partial charge in [-0.15, -0.1) is 11.3 Å². The minimum Gasteiger partial charge on any atom is -0.348 e. The summed E-state index contributed by atoms with van der Waals surface area (Å²) < 4.78 is 1.53. The van der Waals surface area contributed by atoms with Crippen molar-refractivity contribution in [1.29, 1.82) is 0 Å². The average molecular weight is 328 g/mol. The number of nitrogens with zero attached hydrogens (tertiary/aromatic N) is 5. The minimum absolute atomic E-state index is 0.183. The Bertz CT molecular complexity index is 835. The molecular weight excluding hydrogens is 312 g/mol. The Morgan fingerprint density at radius 2 is 2.17 bits per heavy atom. The summed E-state index contributed by atoms with van der Waals surface area (Å²) in [6.07, 6.45) is 3.90. The van der Waals surface area contributed by atoms with E-state index in [1.54, 1.807) is 23.5 Å². The highest BCUT2D eigenvalue weighted by Gasteiger charge is 2.16. The molecule has 0 unspecified atom stereocenters. The van der Waals surface area contributed by atoms with Crippen LogP contribution in [-0.2, 0) is 6.54 Å². The first-order valence-electron chi connectivity index (χ1n) is 7.57. The summed E-state index contributed by atoms with van der Waals surface area (Å²) in [4.78, 5) is 23.3. The lowest BCUT2D eigenvalue weighted by Crippen LogP contribution is -2.25. The molecule has 1 N–H and O–H groups in total. The molecule has 8 heteroatoms. The maximum Gasteiger partial charge on any atom is 0.270 e. The van der Waals surface area contributed by atoms with Crippen molar-refractivity contribution < 1.29 is 4.79 Å². The number of amides is 1. The van der Waals surface area contributed by atoms with Crippen LogP contribution in [0.15, 0.2) is 29.9 Å². The Balaban J connectivity index is 1.44. The number of thiazole rings is 1. The molecule has 0 radical (unpaired) electrons. The normalized spacial score (nSPS) is 14.5. The molecule has 118 valence electrons. The molecule has 3 aromatic heterocycles. The van der Waals surface area contributed by atoms with Crippen molar-refractivity contribution in [3.63, 3.8) is 0 Å². The molecule has 7 nitrogen and oxygen atoms in total. The monoisotopic (exact) mass is 328 g/mol. The standard InChI is InChI=1S/C15H16N6OS/c22-14(12-4-3-5-13-17-10-18-21(12)13)16-8-11-9-23-15(19-11)20-6-1-2-7-20/h3-5,9-10H,1-2,6-8H2,(H,16,22). The number of nitrogens with one attached hydrogen (secondary N) is 1. The van der Waals surface area contributed by atoms with Gasteiger partial charge < -0.3 is 10.2 Å². The Morgan fingerprint density at radius 3 is 3.04 bits per heavy atom. The van der Waals surface area contributed by atoms with Crippen LogP contribution in [0.2, 0.25) is 0 Å². The topological polar surface area (TPSA) is 75.4 Å². The number of carbonyl (C=O) groups excluding carboxylic acids is 1. The van der Waals surface area contributed by atoms with Crippen LogP contribution in [0.3, 0.4) is 0 Å². The third-order valence-electron chi connectivity index (χ3n) is 3.88. The molecular formula is C15H16N6OS. The molecule has 4 rings (SSSR count). The van der Waals surface area contributed by atoms with Gasteiger partial charge in [-0.1, -0.05) is 6.07 Å². The molecule has 0 atom stereocenters. The summed E-state index contributed by atoms with van der Waals surface area (Å²) in [6.45, 7) is 2.56. The molecule has 0 aliphatic carbocycles. The molecule has 4 heterocycles. The second-order valence-electron chi connectivity index (χ2n) is 5.44. The predicted octanol–water partition coefficient (Wildman–Crippen LogP) is 1.72. The fourth-order valence-corrected chi connectivity index (χ4v) is 3.59. The summed E-state index contributed by atoms with van der Waals surface area (Å²) in [7, 11) is 0. The number of aromatic nitrogens is 4. The first-order chi connectivity index (χ1) is 11.3. The van der Waals surface area contributed by atoms with Crippen LogP contribution < -0.4 is 10.2 Å². The van der Waals surface area contributed by atoms with Crippen molar-refractivity contribution in [1.82, 2.24) is 24.9 Å². The molecule has 1 saturated heterocycles. The van der Waals surface area contributed by atoms with E-state index in [4.69, 9.17) is 0 Å². The molecule has 0 saturated carbocycles. The van der Waals surface area contributed by atoms with Gasteiger partial charge >= 0.3 is 0 Å². The molecule has 0 spiro atoms. The smallest absolute Gasteiger partial charge is 0.270 e. The first-order valence-corrected chi connectivity index (χ1v) is 8.45. The lowest BCUT2D eigenvalue weighted by atomic mass is 10.3. The highest BCUT2D eigenvalue weighted by molar-refractivity contribution is 7.13. The van der Waals surface area contributed by atoms with Crippen molar-refractivity contribution in [3.8, 4) is 0 Å². The zero-order valence-corrected chi connectivity index (χ0v) is 13.3. The van der Waals surface area contributed by atoms with Gasteiger partial charge in [-0.25, -0.2) is 14.5 Å². The van der Waals surface area contributed by atoms with E-state index in [0.29, 0.717) is 17.9 Å². The van der Waals surface area contributed by atoms with Crippen molar-refractivity contribution in [3.05, 3.63) is 41.3 Å². The number of pyridine rings is 1. The van der Waals surface area contributed by atoms with Crippen molar-refractivity contribution in [2.45, 2.75) is 19.4 Å². The summed E-state index contributed by atoms with van der Waals surface area (Å²) in [5, 5.41) is 10.0. The average Bonchev–Trinajstić information content (AvgIpc) is 3.32. The molecule has 3 aromatic rings. The van der Waals surface area contributed by atoms with Crippen LogP contribution in [0, 0.1) is 0 Å². The number of anilines is 1. The Morgan fingerprint density at radius 1 is 1.30 bits per heavy atom. The van der Waals surface area contributed by atoms with Gasteiger partial charge in [0.25, 0.3) is 5.91 Å². The van der Waals surface area contributed by atoms with Gasteiger partial charge in [-0.3, -0.25) is 4.79 Å². The van der Waals surface area contributed by atoms with Crippen LogP contribution in [0.5, 0.6) is 0 Å². The van der Waals surface area contributed by atoms with Crippen molar-refractivity contribution in [2.24, 2.45) is 0 Å². The van der Waals surface area contributed by atoms with Gasteiger partial charge in [0.1, 0.15) is 12.0 Å². The SMILES string of the molecule is O=C(NCc1csc(N2CCCC2)n1)c1cccc2ncnn12. The zero-order chi connectivity index (χ0) is 15.6. The third kappa shape index (κ3) is 2.77. The van der Waals surface area contributed by atoms with E-state index < -0.39 is 0 Å². The molecule has 23 heavy (non-hydrogen) atoms. The van der Waals surface area contributed by atoms with Gasteiger partial charge in [-0.2, -0.15) is 5.10 Å². The van der Waals surface area contributed by atoms with Gasteiger partial charge in [0.15, 0.2) is 10.8 Å². The molecule has 0 aromatic carbocycles. The Hall–Kier alpha value is -2.48. The molecule has 0 bridgehead atoms. The number of hydrogen-bond donors (Lipinski definition) is 1. The van der Waals surface area contributed by atoms with Gasteiger partial charge in [0.05, 0.1) is 12.2 Å². The van der Waals surface area contributed by atoms with Crippen LogP contribution >= 0.6 is 11.3 Å². The fraction of sp³-hybridized carbons (Fsp3) is 0.333. The van der Waals surface area contributed by atoms with E-state index in [0.717, 1.165) is 23.9 Å². The maximum atomic E-state index is 12.4. The van der Waals surface area contributed by atoms with Crippen molar-refractivity contribution in [2.75, 3.05) is 18.0 Å². The number of carbonyl (C=O) groups is 1. The van der Waals surface area contributed by atoms with Gasteiger partial charge in [0.2, 0.25) is 0 Å². The van der Waals surface area contributed by atoms with Crippen molar-refractivity contribution >= 4 is 28.0 Å². The Labute approximate surface area is 137 Å². The van der Waals surface area contributed by atoms with E-state index in [1.807, 2.05) is 11.4 Å². The third-order valence-corrected chi connectivity index (χ3v) is 4.83. The van der Waals surface area contributed by atoms with Crippen LogP contribution in [0.4, 0.5) is 5.13 Å².